The Labute approximate surface area is 213 Å². The van der Waals surface area contributed by atoms with Crippen molar-refractivity contribution >= 4 is 63.4 Å². The number of amides is 1. The van der Waals surface area contributed by atoms with Crippen LogP contribution in [0.25, 0.3) is 0 Å². The van der Waals surface area contributed by atoms with Gasteiger partial charge in [-0.2, -0.15) is 0 Å². The molecule has 0 saturated heterocycles. The van der Waals surface area contributed by atoms with Crippen molar-refractivity contribution in [3.8, 4) is 0 Å². The summed E-state index contributed by atoms with van der Waals surface area (Å²) in [6, 6.07) is 22.8. The number of carbonyl (C=O) groups excluding carboxylic acids is 1. The van der Waals surface area contributed by atoms with Crippen LogP contribution in [0, 0.1) is 20.2 Å². The second-order valence-electron chi connectivity index (χ2n) is 7.71. The molecule has 0 aromatic heterocycles. The van der Waals surface area contributed by atoms with Crippen molar-refractivity contribution in [2.45, 2.75) is 9.79 Å². The molecule has 0 atom stereocenters. The molecule has 4 aromatic carbocycles. The fourth-order valence-corrected chi connectivity index (χ4v) is 5.07. The first-order chi connectivity index (χ1) is 17.3. The minimum Gasteiger partial charge on any atom is -0.344 e. The highest BCUT2D eigenvalue weighted by Gasteiger charge is 2.33. The summed E-state index contributed by atoms with van der Waals surface area (Å²) >= 11 is 7.38. The van der Waals surface area contributed by atoms with Crippen LogP contribution in [0.1, 0.15) is 10.4 Å². The van der Waals surface area contributed by atoms with Crippen LogP contribution < -0.4 is 10.2 Å². The quantitative estimate of drug-likeness (QED) is 0.217. The highest BCUT2D eigenvalue weighted by Crippen LogP contribution is 2.49. The SMILES string of the molecule is O=C(c1cc([N+](=O)[O-])c(Nc2ccc(Cl)cc2)c([N+](=O)[O-])c1)N1c2ccccc2Sc2ccccc21. The number of carbonyl (C=O) groups is 1. The Kier molecular flexibility index (Phi) is 6.05. The summed E-state index contributed by atoms with van der Waals surface area (Å²) in [5.41, 5.74) is -0.198. The number of rotatable bonds is 5. The molecule has 5 rings (SSSR count). The van der Waals surface area contributed by atoms with Gasteiger partial charge in [0.1, 0.15) is 0 Å². The Morgan fingerprint density at radius 1 is 0.806 bits per heavy atom. The summed E-state index contributed by atoms with van der Waals surface area (Å²) in [7, 11) is 0. The topological polar surface area (TPSA) is 119 Å². The third kappa shape index (κ3) is 4.23. The van der Waals surface area contributed by atoms with Crippen molar-refractivity contribution in [1.29, 1.82) is 0 Å². The summed E-state index contributed by atoms with van der Waals surface area (Å²) in [4.78, 5) is 39.3. The maximum atomic E-state index is 13.8. The van der Waals surface area contributed by atoms with Gasteiger partial charge in [-0.25, -0.2) is 0 Å². The number of hydrogen-bond donors (Lipinski definition) is 1. The van der Waals surface area contributed by atoms with Crippen LogP contribution in [0.3, 0.4) is 0 Å². The van der Waals surface area contributed by atoms with Gasteiger partial charge in [-0.15, -0.1) is 0 Å². The average molecular weight is 519 g/mol. The van der Waals surface area contributed by atoms with E-state index in [1.54, 1.807) is 36.4 Å². The van der Waals surface area contributed by atoms with Gasteiger partial charge >= 0.3 is 11.4 Å². The fourth-order valence-electron chi connectivity index (χ4n) is 3.88. The van der Waals surface area contributed by atoms with Crippen molar-refractivity contribution in [3.05, 3.63) is 116 Å². The highest BCUT2D eigenvalue weighted by molar-refractivity contribution is 7.99. The van der Waals surface area contributed by atoms with E-state index in [0.29, 0.717) is 22.1 Å². The van der Waals surface area contributed by atoms with Crippen LogP contribution >= 0.6 is 23.4 Å². The molecular weight excluding hydrogens is 504 g/mol. The van der Waals surface area contributed by atoms with Crippen molar-refractivity contribution < 1.29 is 14.6 Å². The first-order valence-electron chi connectivity index (χ1n) is 10.5. The molecule has 0 radical (unpaired) electrons. The van der Waals surface area contributed by atoms with Gasteiger partial charge in [0.15, 0.2) is 5.69 Å². The lowest BCUT2D eigenvalue weighted by molar-refractivity contribution is -0.392. The normalized spacial score (nSPS) is 11.9. The van der Waals surface area contributed by atoms with E-state index < -0.39 is 27.1 Å². The fraction of sp³-hybridized carbons (Fsp3) is 0. The number of benzene rings is 4. The molecule has 0 fully saturated rings. The number of fused-ring (bicyclic) bond motifs is 2. The van der Waals surface area contributed by atoms with E-state index in [-0.39, 0.29) is 11.3 Å². The second kappa shape index (κ2) is 9.33. The zero-order valence-corrected chi connectivity index (χ0v) is 19.8. The lowest BCUT2D eigenvalue weighted by atomic mass is 10.1. The van der Waals surface area contributed by atoms with E-state index in [4.69, 9.17) is 11.6 Å². The summed E-state index contributed by atoms with van der Waals surface area (Å²) in [6.07, 6.45) is 0. The largest absolute Gasteiger partial charge is 0.344 e. The number of nitrogens with zero attached hydrogens (tertiary/aromatic N) is 3. The van der Waals surface area contributed by atoms with Crippen LogP contribution in [0.15, 0.2) is 94.7 Å². The van der Waals surface area contributed by atoms with Gasteiger partial charge in [-0.1, -0.05) is 47.6 Å². The summed E-state index contributed by atoms with van der Waals surface area (Å²) in [6.45, 7) is 0. The van der Waals surface area contributed by atoms with E-state index in [1.165, 1.54) is 28.8 Å². The maximum Gasteiger partial charge on any atom is 0.300 e. The number of nitro benzene ring substituents is 2. The molecule has 178 valence electrons. The van der Waals surface area contributed by atoms with E-state index in [1.807, 2.05) is 24.3 Å². The maximum absolute atomic E-state index is 13.8. The first-order valence-corrected chi connectivity index (χ1v) is 11.7. The Bertz CT molecular complexity index is 1460. The number of halogens is 1. The van der Waals surface area contributed by atoms with E-state index in [9.17, 15) is 25.0 Å². The van der Waals surface area contributed by atoms with Crippen molar-refractivity contribution in [1.82, 2.24) is 0 Å². The molecule has 1 aliphatic rings. The number of para-hydroxylation sites is 2. The molecule has 11 heteroatoms. The molecule has 1 amide bonds. The van der Waals surface area contributed by atoms with Gasteiger partial charge in [-0.3, -0.25) is 29.9 Å². The summed E-state index contributed by atoms with van der Waals surface area (Å²) in [5.74, 6) is -0.626. The van der Waals surface area contributed by atoms with Crippen molar-refractivity contribution in [2.24, 2.45) is 0 Å². The molecule has 0 unspecified atom stereocenters. The molecule has 0 saturated carbocycles. The van der Waals surface area contributed by atoms with Gasteiger partial charge in [0, 0.05) is 32.6 Å². The van der Waals surface area contributed by atoms with Crippen LogP contribution in [0.4, 0.5) is 34.1 Å². The molecule has 36 heavy (non-hydrogen) atoms. The molecular formula is C25H15ClN4O5S. The zero-order valence-electron chi connectivity index (χ0n) is 18.3. The predicted molar refractivity (Wildman–Crippen MR) is 138 cm³/mol. The molecule has 9 nitrogen and oxygen atoms in total. The lowest BCUT2D eigenvalue weighted by Crippen LogP contribution is -2.28. The molecule has 1 N–H and O–H groups in total. The molecule has 4 aromatic rings. The number of anilines is 4. The van der Waals surface area contributed by atoms with E-state index in [0.717, 1.165) is 21.9 Å². The van der Waals surface area contributed by atoms with Crippen molar-refractivity contribution in [2.75, 3.05) is 10.2 Å². The Morgan fingerprint density at radius 2 is 1.31 bits per heavy atom. The van der Waals surface area contributed by atoms with Gasteiger partial charge in [0.2, 0.25) is 0 Å². The van der Waals surface area contributed by atoms with Gasteiger partial charge in [-0.05, 0) is 48.5 Å². The molecule has 0 spiro atoms. The monoisotopic (exact) mass is 518 g/mol. The van der Waals surface area contributed by atoms with Crippen LogP contribution in [0.5, 0.6) is 0 Å². The minimum absolute atomic E-state index is 0.188. The highest BCUT2D eigenvalue weighted by atomic mass is 35.5. The van der Waals surface area contributed by atoms with Crippen molar-refractivity contribution in [3.63, 3.8) is 0 Å². The molecule has 0 aliphatic carbocycles. The van der Waals surface area contributed by atoms with Gasteiger partial charge < -0.3 is 5.32 Å². The zero-order chi connectivity index (χ0) is 25.4. The lowest BCUT2D eigenvalue weighted by Gasteiger charge is -2.31. The predicted octanol–water partition coefficient (Wildman–Crippen LogP) is 7.34. The first kappa shape index (κ1) is 23.3. The summed E-state index contributed by atoms with van der Waals surface area (Å²) < 4.78 is 0. The van der Waals surface area contributed by atoms with Gasteiger partial charge in [0.05, 0.1) is 26.8 Å². The van der Waals surface area contributed by atoms with E-state index >= 15 is 0 Å². The van der Waals surface area contributed by atoms with Gasteiger partial charge in [0.25, 0.3) is 5.91 Å². The third-order valence-corrected chi connectivity index (χ3v) is 6.87. The molecule has 1 heterocycles. The smallest absolute Gasteiger partial charge is 0.300 e. The average Bonchev–Trinajstić information content (AvgIpc) is 2.87. The minimum atomic E-state index is -0.754. The third-order valence-electron chi connectivity index (χ3n) is 5.49. The standard InChI is InChI=1S/C25H15ClN4O5S/c26-16-9-11-17(12-10-16)27-24-20(29(32)33)13-15(14-21(24)30(34)35)25(31)28-18-5-1-3-7-22(18)36-23-8-4-2-6-19(23)28/h1-14,27H. The Morgan fingerprint density at radius 3 is 1.81 bits per heavy atom. The van der Waals surface area contributed by atoms with Crippen LogP contribution in [-0.2, 0) is 0 Å². The van der Waals surface area contributed by atoms with Crippen LogP contribution in [-0.4, -0.2) is 15.8 Å². The Balaban J connectivity index is 1.65. The number of hydrogen-bond acceptors (Lipinski definition) is 7. The van der Waals surface area contributed by atoms with E-state index in [2.05, 4.69) is 5.32 Å². The number of nitro groups is 2. The second-order valence-corrected chi connectivity index (χ2v) is 9.23. The molecule has 1 aliphatic heterocycles. The van der Waals surface area contributed by atoms with Crippen LogP contribution in [0.2, 0.25) is 5.02 Å². The Hall–Kier alpha value is -4.41. The number of nitrogens with one attached hydrogen (secondary N) is 1. The molecule has 0 bridgehead atoms. The summed E-state index contributed by atoms with van der Waals surface area (Å²) in [5, 5.41) is 27.1.